The van der Waals surface area contributed by atoms with Gasteiger partial charge in [0.15, 0.2) is 8.32 Å². The highest BCUT2D eigenvalue weighted by molar-refractivity contribution is 6.74. The largest absolute Gasteiger partial charge is 0.489 e. The second-order valence-corrected chi connectivity index (χ2v) is 19.8. The Morgan fingerprint density at radius 3 is 1.91 bits per heavy atom. The van der Waals surface area contributed by atoms with Crippen LogP contribution in [0.1, 0.15) is 74.5 Å². The minimum Gasteiger partial charge on any atom is -0.489 e. The first-order valence-electron chi connectivity index (χ1n) is 18.3. The molecule has 278 valence electrons. The molecule has 0 aliphatic rings. The van der Waals surface area contributed by atoms with Crippen molar-refractivity contribution in [3.8, 4) is 11.5 Å². The van der Waals surface area contributed by atoms with Gasteiger partial charge in [-0.25, -0.2) is 4.39 Å². The zero-order valence-corrected chi connectivity index (χ0v) is 32.4. The molecule has 2 N–H and O–H groups in total. The van der Waals surface area contributed by atoms with E-state index in [1.807, 2.05) is 109 Å². The first-order chi connectivity index (χ1) is 25.4. The summed E-state index contributed by atoms with van der Waals surface area (Å²) in [6.07, 6.45) is -0.406. The van der Waals surface area contributed by atoms with Crippen LogP contribution in [0.25, 0.3) is 0 Å². The van der Waals surface area contributed by atoms with Gasteiger partial charge >= 0.3 is 0 Å². The number of carbonyl (C=O) groups is 1. The summed E-state index contributed by atoms with van der Waals surface area (Å²) in [5.74, 6) is 0.0432. The van der Waals surface area contributed by atoms with E-state index in [1.54, 1.807) is 12.1 Å². The standard InChI is InChI=1S/C45H52FNO5Si/c1-45(2,3)53(4,5)52-41(35-21-24-37(46)25-22-35)28-23-36(29-43(48)47-38-19-13-8-14-20-38)44(49)40-27-26-39(50-31-33-15-9-6-10-16-33)30-42(40)51-32-34-17-11-7-12-18-34/h6-22,24-27,30,36,41,44,49H,23,28-29,31-32H2,1-5H3,(H,47,48)/t36?,41-,44-/m1/s1. The minimum absolute atomic E-state index is 0.0523. The monoisotopic (exact) mass is 733 g/mol. The molecule has 0 spiro atoms. The molecule has 0 fully saturated rings. The van der Waals surface area contributed by atoms with E-state index in [9.17, 15) is 14.3 Å². The molecule has 8 heteroatoms. The number of benzene rings is 5. The molecule has 1 unspecified atom stereocenters. The van der Waals surface area contributed by atoms with Gasteiger partial charge in [0.2, 0.25) is 5.91 Å². The first kappa shape index (κ1) is 39.4. The molecule has 1 amide bonds. The lowest BCUT2D eigenvalue weighted by atomic mass is 9.86. The Hall–Kier alpha value is -4.76. The van der Waals surface area contributed by atoms with Crippen LogP contribution in [-0.2, 0) is 22.4 Å². The zero-order chi connectivity index (χ0) is 37.8. The number of halogens is 1. The third-order valence-electron chi connectivity index (χ3n) is 10.0. The summed E-state index contributed by atoms with van der Waals surface area (Å²) in [5, 5.41) is 15.2. The summed E-state index contributed by atoms with van der Waals surface area (Å²) in [6.45, 7) is 11.6. The molecule has 6 nitrogen and oxygen atoms in total. The van der Waals surface area contributed by atoms with E-state index >= 15 is 0 Å². The summed E-state index contributed by atoms with van der Waals surface area (Å²) in [4.78, 5) is 13.6. The van der Waals surface area contributed by atoms with E-state index in [0.29, 0.717) is 42.2 Å². The van der Waals surface area contributed by atoms with Crippen molar-refractivity contribution < 1.29 is 28.2 Å². The normalized spacial score (nSPS) is 13.5. The molecule has 0 bridgehead atoms. The summed E-state index contributed by atoms with van der Waals surface area (Å²) >= 11 is 0. The summed E-state index contributed by atoms with van der Waals surface area (Å²) < 4.78 is 33.6. The number of aliphatic hydroxyl groups excluding tert-OH is 1. The molecule has 0 saturated heterocycles. The van der Waals surface area contributed by atoms with E-state index in [2.05, 4.69) is 39.2 Å². The fraction of sp³-hybridized carbons (Fsp3) is 0.311. The van der Waals surface area contributed by atoms with Gasteiger partial charge in [0.25, 0.3) is 0 Å². The summed E-state index contributed by atoms with van der Waals surface area (Å²) in [6, 6.07) is 41.0. The van der Waals surface area contributed by atoms with Gasteiger partial charge in [-0.2, -0.15) is 0 Å². The highest BCUT2D eigenvalue weighted by Gasteiger charge is 2.40. The van der Waals surface area contributed by atoms with Crippen molar-refractivity contribution in [2.45, 2.75) is 83.6 Å². The molecule has 5 aromatic carbocycles. The molecule has 3 atom stereocenters. The van der Waals surface area contributed by atoms with Gasteiger partial charge in [0.05, 0.1) is 12.2 Å². The van der Waals surface area contributed by atoms with Crippen molar-refractivity contribution in [3.63, 3.8) is 0 Å². The van der Waals surface area contributed by atoms with Gasteiger partial charge in [-0.05, 0) is 90.0 Å². The minimum atomic E-state index is -2.27. The van der Waals surface area contributed by atoms with E-state index < -0.39 is 20.3 Å². The van der Waals surface area contributed by atoms with Crippen LogP contribution in [0.2, 0.25) is 18.1 Å². The van der Waals surface area contributed by atoms with Gasteiger partial charge in [0.1, 0.15) is 30.5 Å². The van der Waals surface area contributed by atoms with Crippen molar-refractivity contribution in [3.05, 3.63) is 162 Å². The van der Waals surface area contributed by atoms with Crippen LogP contribution in [0.3, 0.4) is 0 Å². The first-order valence-corrected chi connectivity index (χ1v) is 21.2. The molecule has 0 aromatic heterocycles. The topological polar surface area (TPSA) is 77.0 Å². The van der Waals surface area contributed by atoms with Crippen LogP contribution < -0.4 is 14.8 Å². The van der Waals surface area contributed by atoms with Gasteiger partial charge in [-0.1, -0.05) is 112 Å². The van der Waals surface area contributed by atoms with Crippen LogP contribution >= 0.6 is 0 Å². The molecule has 0 aliphatic carbocycles. The van der Waals surface area contributed by atoms with E-state index in [0.717, 1.165) is 16.7 Å². The Morgan fingerprint density at radius 1 is 0.755 bits per heavy atom. The molecule has 0 heterocycles. The van der Waals surface area contributed by atoms with Gasteiger partial charge in [-0.3, -0.25) is 4.79 Å². The predicted octanol–water partition coefficient (Wildman–Crippen LogP) is 11.2. The Balaban J connectivity index is 1.45. The van der Waals surface area contributed by atoms with Gasteiger partial charge in [-0.15, -0.1) is 0 Å². The highest BCUT2D eigenvalue weighted by Crippen LogP contribution is 2.43. The van der Waals surface area contributed by atoms with E-state index in [4.69, 9.17) is 13.9 Å². The van der Waals surface area contributed by atoms with Gasteiger partial charge in [0, 0.05) is 23.7 Å². The van der Waals surface area contributed by atoms with Crippen LogP contribution in [-0.4, -0.2) is 19.3 Å². The van der Waals surface area contributed by atoms with Crippen molar-refractivity contribution in [1.29, 1.82) is 0 Å². The number of anilines is 1. The third-order valence-corrected chi connectivity index (χ3v) is 14.5. The van der Waals surface area contributed by atoms with E-state index in [-0.39, 0.29) is 35.9 Å². The average Bonchev–Trinajstić information content (AvgIpc) is 3.15. The number of amides is 1. The third kappa shape index (κ3) is 11.6. The SMILES string of the molecule is CC(C)(C)[Si](C)(C)O[C@H](CCC(CC(=O)Nc1ccccc1)[C@@H](O)c1ccc(OCc2ccccc2)cc1OCc1ccccc1)c1ccc(F)cc1. The molecule has 0 saturated carbocycles. The second-order valence-electron chi connectivity index (χ2n) is 15.1. The lowest BCUT2D eigenvalue weighted by molar-refractivity contribution is -0.118. The van der Waals surface area contributed by atoms with Gasteiger partial charge < -0.3 is 24.3 Å². The molecule has 5 aromatic rings. The molecule has 0 aliphatic heterocycles. The quantitative estimate of drug-likeness (QED) is 0.0931. The summed E-state index contributed by atoms with van der Waals surface area (Å²) in [5.41, 5.74) is 4.12. The Labute approximate surface area is 315 Å². The Morgan fingerprint density at radius 2 is 1.32 bits per heavy atom. The van der Waals surface area contributed by atoms with Crippen LogP contribution in [0.4, 0.5) is 10.1 Å². The number of para-hydroxylation sites is 1. The average molecular weight is 734 g/mol. The molecular weight excluding hydrogens is 682 g/mol. The Bertz CT molecular complexity index is 1870. The Kier molecular flexibility index (Phi) is 13.6. The smallest absolute Gasteiger partial charge is 0.224 e. The molecule has 5 rings (SSSR count). The van der Waals surface area contributed by atoms with Crippen molar-refractivity contribution in [1.82, 2.24) is 0 Å². The second kappa shape index (κ2) is 18.3. The predicted molar refractivity (Wildman–Crippen MR) is 213 cm³/mol. The number of nitrogens with one attached hydrogen (secondary N) is 1. The molecular formula is C45H52FNO5Si. The number of hydrogen-bond donors (Lipinski definition) is 2. The maximum atomic E-state index is 14.0. The van der Waals surface area contributed by atoms with E-state index in [1.165, 1.54) is 12.1 Å². The lowest BCUT2D eigenvalue weighted by Crippen LogP contribution is -2.42. The summed E-state index contributed by atoms with van der Waals surface area (Å²) in [7, 11) is -2.27. The number of rotatable bonds is 17. The highest BCUT2D eigenvalue weighted by atomic mass is 28.4. The fourth-order valence-corrected chi connectivity index (χ4v) is 7.23. The number of hydrogen-bond acceptors (Lipinski definition) is 5. The molecule has 0 radical (unpaired) electrons. The zero-order valence-electron chi connectivity index (χ0n) is 31.4. The number of carbonyl (C=O) groups excluding carboxylic acids is 1. The van der Waals surface area contributed by atoms with Crippen LogP contribution in [0.5, 0.6) is 11.5 Å². The van der Waals surface area contributed by atoms with Crippen LogP contribution in [0.15, 0.2) is 133 Å². The fourth-order valence-electron chi connectivity index (χ4n) is 5.92. The number of ether oxygens (including phenoxy) is 2. The molecule has 53 heavy (non-hydrogen) atoms. The maximum Gasteiger partial charge on any atom is 0.224 e. The number of aliphatic hydroxyl groups is 1. The van der Waals surface area contributed by atoms with Crippen molar-refractivity contribution >= 4 is 19.9 Å². The van der Waals surface area contributed by atoms with Crippen LogP contribution in [0, 0.1) is 11.7 Å². The maximum absolute atomic E-state index is 14.0. The lowest BCUT2D eigenvalue weighted by Gasteiger charge is -2.40. The van der Waals surface area contributed by atoms with Crippen molar-refractivity contribution in [2.75, 3.05) is 5.32 Å². The van der Waals surface area contributed by atoms with Crippen molar-refractivity contribution in [2.24, 2.45) is 5.92 Å².